The molecule has 1 aliphatic heterocycles. The van der Waals surface area contributed by atoms with Crippen LogP contribution >= 0.6 is 0 Å². The molecule has 0 radical (unpaired) electrons. The van der Waals surface area contributed by atoms with Gasteiger partial charge in [-0.15, -0.1) is 0 Å². The van der Waals surface area contributed by atoms with Gasteiger partial charge in [0, 0.05) is 12.6 Å². The largest absolute Gasteiger partial charge is 0.390 e. The fourth-order valence-electron chi connectivity index (χ4n) is 2.12. The minimum absolute atomic E-state index is 0.253. The number of carbonyl (C=O) groups is 1. The highest BCUT2D eigenvalue weighted by atomic mass is 19.3. The molecule has 1 unspecified atom stereocenters. The molecule has 2 fully saturated rings. The van der Waals surface area contributed by atoms with Gasteiger partial charge in [0.1, 0.15) is 6.61 Å². The molecule has 1 aliphatic carbocycles. The topological polar surface area (TPSA) is 52.6 Å². The van der Waals surface area contributed by atoms with Gasteiger partial charge >= 0.3 is 0 Å². The zero-order valence-electron chi connectivity index (χ0n) is 9.66. The van der Waals surface area contributed by atoms with E-state index in [0.717, 1.165) is 25.7 Å². The Morgan fingerprint density at radius 3 is 2.71 bits per heavy atom. The predicted octanol–water partition coefficient (Wildman–Crippen LogP) is 0.357. The first kappa shape index (κ1) is 12.7. The summed E-state index contributed by atoms with van der Waals surface area (Å²) < 4.78 is 26.1. The van der Waals surface area contributed by atoms with E-state index >= 15 is 0 Å². The van der Waals surface area contributed by atoms with Crippen LogP contribution in [-0.4, -0.2) is 53.6 Å². The van der Waals surface area contributed by atoms with Crippen LogP contribution in [0, 0.1) is 0 Å². The molecule has 6 heteroatoms. The second-order valence-electron chi connectivity index (χ2n) is 4.91. The van der Waals surface area contributed by atoms with Crippen LogP contribution in [0.25, 0.3) is 0 Å². The van der Waals surface area contributed by atoms with Crippen LogP contribution in [0.15, 0.2) is 0 Å². The Balaban J connectivity index is 1.90. The van der Waals surface area contributed by atoms with Crippen molar-refractivity contribution in [3.05, 3.63) is 0 Å². The van der Waals surface area contributed by atoms with E-state index in [9.17, 15) is 13.6 Å². The van der Waals surface area contributed by atoms with Crippen molar-refractivity contribution >= 4 is 5.91 Å². The number of aliphatic hydroxyl groups excluding tert-OH is 1. The van der Waals surface area contributed by atoms with Gasteiger partial charge in [-0.25, -0.2) is 8.78 Å². The average Bonchev–Trinajstić information content (AvgIpc) is 3.08. The van der Waals surface area contributed by atoms with E-state index in [1.165, 1.54) is 4.90 Å². The van der Waals surface area contributed by atoms with E-state index in [1.54, 1.807) is 0 Å². The standard InChI is InChI=1S/C11H18F2N2O2/c12-11(13,7-16)6-15-5-1-2-9(10(15)17)14-8-3-4-8/h8-9,14,16H,1-7H2. The highest BCUT2D eigenvalue weighted by molar-refractivity contribution is 5.82. The van der Waals surface area contributed by atoms with Gasteiger partial charge in [0.2, 0.25) is 5.91 Å². The molecule has 2 rings (SSSR count). The van der Waals surface area contributed by atoms with Gasteiger partial charge < -0.3 is 15.3 Å². The zero-order valence-corrected chi connectivity index (χ0v) is 9.66. The number of carbonyl (C=O) groups excluding carboxylic acids is 1. The van der Waals surface area contributed by atoms with Gasteiger partial charge in [0.15, 0.2) is 0 Å². The number of amides is 1. The van der Waals surface area contributed by atoms with E-state index < -0.39 is 19.1 Å². The minimum atomic E-state index is -3.20. The lowest BCUT2D eigenvalue weighted by atomic mass is 10.0. The molecule has 0 aromatic rings. The smallest absolute Gasteiger partial charge is 0.287 e. The average molecular weight is 248 g/mol. The van der Waals surface area contributed by atoms with Crippen LogP contribution in [0.4, 0.5) is 8.78 Å². The van der Waals surface area contributed by atoms with Crippen LogP contribution in [-0.2, 0) is 4.79 Å². The summed E-state index contributed by atoms with van der Waals surface area (Å²) in [5.41, 5.74) is 0. The molecule has 4 nitrogen and oxygen atoms in total. The molecule has 0 aromatic carbocycles. The Kier molecular flexibility index (Phi) is 3.63. The van der Waals surface area contributed by atoms with Crippen LogP contribution in [0.5, 0.6) is 0 Å². The summed E-state index contributed by atoms with van der Waals surface area (Å²) in [5, 5.41) is 11.7. The molecule has 0 aromatic heterocycles. The van der Waals surface area contributed by atoms with Crippen LogP contribution in [0.3, 0.4) is 0 Å². The second kappa shape index (κ2) is 4.86. The first-order valence-corrected chi connectivity index (χ1v) is 6.05. The molecule has 2 N–H and O–H groups in total. The number of nitrogens with one attached hydrogen (secondary N) is 1. The number of piperidine rings is 1. The van der Waals surface area contributed by atoms with Crippen molar-refractivity contribution < 1.29 is 18.7 Å². The lowest BCUT2D eigenvalue weighted by molar-refractivity contribution is -0.144. The molecular formula is C11H18F2N2O2. The third-order valence-electron chi connectivity index (χ3n) is 3.20. The van der Waals surface area contributed by atoms with Crippen molar-refractivity contribution in [2.24, 2.45) is 0 Å². The Morgan fingerprint density at radius 1 is 1.41 bits per heavy atom. The van der Waals surface area contributed by atoms with E-state index in [1.807, 2.05) is 0 Å². The maximum atomic E-state index is 13.0. The highest BCUT2D eigenvalue weighted by Gasteiger charge is 2.38. The summed E-state index contributed by atoms with van der Waals surface area (Å²) in [7, 11) is 0. The first-order chi connectivity index (χ1) is 8.02. The molecule has 0 spiro atoms. The molecule has 2 aliphatic rings. The maximum Gasteiger partial charge on any atom is 0.287 e. The Labute approximate surface area is 99.0 Å². The molecular weight excluding hydrogens is 230 g/mol. The maximum absolute atomic E-state index is 13.0. The lowest BCUT2D eigenvalue weighted by Crippen LogP contribution is -2.54. The van der Waals surface area contributed by atoms with Crippen molar-refractivity contribution in [1.82, 2.24) is 10.2 Å². The normalized spacial score (nSPS) is 26.4. The number of alkyl halides is 2. The summed E-state index contributed by atoms with van der Waals surface area (Å²) in [6.45, 7) is -1.53. The lowest BCUT2D eigenvalue weighted by Gasteiger charge is -2.34. The summed E-state index contributed by atoms with van der Waals surface area (Å²) in [5.74, 6) is -3.45. The summed E-state index contributed by atoms with van der Waals surface area (Å²) in [6, 6.07) is 0.0768. The van der Waals surface area contributed by atoms with Gasteiger partial charge in [-0.1, -0.05) is 0 Å². The van der Waals surface area contributed by atoms with Gasteiger partial charge in [0.25, 0.3) is 5.92 Å². The van der Waals surface area contributed by atoms with Crippen molar-refractivity contribution in [2.45, 2.75) is 43.7 Å². The molecule has 98 valence electrons. The third kappa shape index (κ3) is 3.35. The molecule has 1 amide bonds. The number of halogens is 2. The first-order valence-electron chi connectivity index (χ1n) is 6.05. The highest BCUT2D eigenvalue weighted by Crippen LogP contribution is 2.24. The minimum Gasteiger partial charge on any atom is -0.390 e. The number of likely N-dealkylation sites (tertiary alicyclic amines) is 1. The summed E-state index contributed by atoms with van der Waals surface area (Å²) in [4.78, 5) is 13.1. The fraction of sp³-hybridized carbons (Fsp3) is 0.909. The van der Waals surface area contributed by atoms with E-state index in [-0.39, 0.29) is 11.9 Å². The van der Waals surface area contributed by atoms with Gasteiger partial charge in [-0.05, 0) is 25.7 Å². The fourth-order valence-corrected chi connectivity index (χ4v) is 2.12. The Bertz CT molecular complexity index is 295. The monoisotopic (exact) mass is 248 g/mol. The van der Waals surface area contributed by atoms with Crippen molar-refractivity contribution in [1.29, 1.82) is 0 Å². The molecule has 1 atom stereocenters. The number of aliphatic hydroxyl groups is 1. The number of hydrogen-bond acceptors (Lipinski definition) is 3. The van der Waals surface area contributed by atoms with Crippen LogP contribution < -0.4 is 5.32 Å². The van der Waals surface area contributed by atoms with E-state index in [4.69, 9.17) is 5.11 Å². The molecule has 17 heavy (non-hydrogen) atoms. The predicted molar refractivity (Wildman–Crippen MR) is 57.8 cm³/mol. The molecule has 1 saturated carbocycles. The van der Waals surface area contributed by atoms with E-state index in [0.29, 0.717) is 12.6 Å². The Hall–Kier alpha value is -0.750. The molecule has 1 saturated heterocycles. The van der Waals surface area contributed by atoms with Gasteiger partial charge in [-0.3, -0.25) is 4.79 Å². The number of rotatable bonds is 5. The van der Waals surface area contributed by atoms with Gasteiger partial charge in [-0.2, -0.15) is 0 Å². The molecule has 1 heterocycles. The quantitative estimate of drug-likeness (QED) is 0.738. The number of nitrogens with zero attached hydrogens (tertiary/aromatic N) is 1. The van der Waals surface area contributed by atoms with Crippen LogP contribution in [0.2, 0.25) is 0 Å². The summed E-state index contributed by atoms with van der Waals surface area (Å²) in [6.07, 6.45) is 3.58. The van der Waals surface area contributed by atoms with E-state index in [2.05, 4.69) is 5.32 Å². The third-order valence-corrected chi connectivity index (χ3v) is 3.20. The second-order valence-corrected chi connectivity index (χ2v) is 4.91. The zero-order chi connectivity index (χ0) is 12.5. The SMILES string of the molecule is O=C1C(NC2CC2)CCCN1CC(F)(F)CO. The van der Waals surface area contributed by atoms with Crippen molar-refractivity contribution in [2.75, 3.05) is 19.7 Å². The molecule has 0 bridgehead atoms. The number of hydrogen-bond donors (Lipinski definition) is 2. The van der Waals surface area contributed by atoms with Gasteiger partial charge in [0.05, 0.1) is 12.6 Å². The van der Waals surface area contributed by atoms with Crippen molar-refractivity contribution in [3.8, 4) is 0 Å². The summed E-state index contributed by atoms with van der Waals surface area (Å²) >= 11 is 0. The Morgan fingerprint density at radius 2 is 2.12 bits per heavy atom. The van der Waals surface area contributed by atoms with Crippen molar-refractivity contribution in [3.63, 3.8) is 0 Å². The van der Waals surface area contributed by atoms with Crippen LogP contribution in [0.1, 0.15) is 25.7 Å².